The molecule has 1 heterocycles. The van der Waals surface area contributed by atoms with Crippen molar-refractivity contribution in [2.45, 2.75) is 65.1 Å². The van der Waals surface area contributed by atoms with Crippen LogP contribution in [-0.4, -0.2) is 34.4 Å². The number of allylic oxidation sites excluding steroid dienone is 1. The molecule has 0 bridgehead atoms. The van der Waals surface area contributed by atoms with E-state index in [9.17, 15) is 14.7 Å². The zero-order chi connectivity index (χ0) is 18.1. The standard InChI is InChI=1S/C19H28O5/c1-4-5-6-7-8-13(2)11-14(3)18(22)16-12-15(19(23)24-16)9-10-17(20)21/h9-13,16,18,22H,4-8H2,1-3H3,(H,20,21)/t13-,16-,18+/m1/s1. The molecule has 134 valence electrons. The van der Waals surface area contributed by atoms with Gasteiger partial charge in [0.2, 0.25) is 0 Å². The lowest BCUT2D eigenvalue weighted by molar-refractivity contribution is -0.142. The third-order valence-electron chi connectivity index (χ3n) is 4.07. The molecule has 2 N–H and O–H groups in total. The summed E-state index contributed by atoms with van der Waals surface area (Å²) < 4.78 is 5.12. The molecule has 0 radical (unpaired) electrons. The molecule has 0 saturated carbocycles. The van der Waals surface area contributed by atoms with Gasteiger partial charge in [-0.2, -0.15) is 0 Å². The molecule has 3 atom stereocenters. The molecule has 0 saturated heterocycles. The molecule has 0 fully saturated rings. The van der Waals surface area contributed by atoms with Crippen LogP contribution in [0.3, 0.4) is 0 Å². The van der Waals surface area contributed by atoms with Crippen LogP contribution in [0.5, 0.6) is 0 Å². The van der Waals surface area contributed by atoms with E-state index in [-0.39, 0.29) is 5.57 Å². The number of carboxylic acids is 1. The van der Waals surface area contributed by atoms with Gasteiger partial charge in [-0.25, -0.2) is 9.59 Å². The van der Waals surface area contributed by atoms with Crippen molar-refractivity contribution in [3.8, 4) is 0 Å². The van der Waals surface area contributed by atoms with Gasteiger partial charge in [0.15, 0.2) is 6.10 Å². The minimum absolute atomic E-state index is 0.155. The summed E-state index contributed by atoms with van der Waals surface area (Å²) in [6.45, 7) is 6.11. The molecule has 24 heavy (non-hydrogen) atoms. The maximum absolute atomic E-state index is 11.7. The Morgan fingerprint density at radius 2 is 2.08 bits per heavy atom. The van der Waals surface area contributed by atoms with Crippen LogP contribution in [0.2, 0.25) is 0 Å². The molecule has 5 heteroatoms. The van der Waals surface area contributed by atoms with E-state index in [2.05, 4.69) is 13.8 Å². The molecule has 0 unspecified atom stereocenters. The summed E-state index contributed by atoms with van der Waals surface area (Å²) in [5.74, 6) is -1.40. The van der Waals surface area contributed by atoms with Crippen LogP contribution in [0.15, 0.2) is 35.5 Å². The van der Waals surface area contributed by atoms with Crippen molar-refractivity contribution < 1.29 is 24.5 Å². The van der Waals surface area contributed by atoms with E-state index in [0.29, 0.717) is 5.92 Å². The first-order valence-corrected chi connectivity index (χ1v) is 8.55. The number of aliphatic hydroxyl groups is 1. The average molecular weight is 336 g/mol. The molecule has 1 aliphatic heterocycles. The predicted molar refractivity (Wildman–Crippen MR) is 92.4 cm³/mol. The first-order valence-electron chi connectivity index (χ1n) is 8.55. The highest BCUT2D eigenvalue weighted by Gasteiger charge is 2.30. The number of carbonyl (C=O) groups excluding carboxylic acids is 1. The Morgan fingerprint density at radius 3 is 2.71 bits per heavy atom. The third-order valence-corrected chi connectivity index (χ3v) is 4.07. The van der Waals surface area contributed by atoms with E-state index in [1.165, 1.54) is 31.4 Å². The van der Waals surface area contributed by atoms with Gasteiger partial charge in [-0.05, 0) is 37.0 Å². The predicted octanol–water partition coefficient (Wildman–Crippen LogP) is 3.39. The highest BCUT2D eigenvalue weighted by molar-refractivity contribution is 5.95. The minimum atomic E-state index is -1.14. The van der Waals surface area contributed by atoms with Gasteiger partial charge < -0.3 is 14.9 Å². The van der Waals surface area contributed by atoms with E-state index >= 15 is 0 Å². The molecule has 0 spiro atoms. The zero-order valence-corrected chi connectivity index (χ0v) is 14.7. The van der Waals surface area contributed by atoms with Crippen molar-refractivity contribution >= 4 is 11.9 Å². The Kier molecular flexibility index (Phi) is 8.47. The van der Waals surface area contributed by atoms with Crippen LogP contribution >= 0.6 is 0 Å². The van der Waals surface area contributed by atoms with Gasteiger partial charge in [-0.15, -0.1) is 0 Å². The van der Waals surface area contributed by atoms with Crippen LogP contribution < -0.4 is 0 Å². The number of ether oxygens (including phenoxy) is 1. The monoisotopic (exact) mass is 336 g/mol. The summed E-state index contributed by atoms with van der Waals surface area (Å²) in [4.78, 5) is 22.2. The number of aliphatic carboxylic acids is 1. The molecule has 0 amide bonds. The first kappa shape index (κ1) is 20.2. The topological polar surface area (TPSA) is 83.8 Å². The lowest BCUT2D eigenvalue weighted by Crippen LogP contribution is -2.27. The Morgan fingerprint density at radius 1 is 1.38 bits per heavy atom. The third kappa shape index (κ3) is 6.71. The fraction of sp³-hybridized carbons (Fsp3) is 0.579. The Labute approximate surface area is 143 Å². The van der Waals surface area contributed by atoms with Gasteiger partial charge in [0.1, 0.15) is 6.10 Å². The summed E-state index contributed by atoms with van der Waals surface area (Å²) in [6, 6.07) is 0. The van der Waals surface area contributed by atoms with Gasteiger partial charge in [-0.1, -0.05) is 45.6 Å². The summed E-state index contributed by atoms with van der Waals surface area (Å²) in [7, 11) is 0. The Balaban J connectivity index is 2.61. The molecule has 5 nitrogen and oxygen atoms in total. The highest BCUT2D eigenvalue weighted by atomic mass is 16.6. The van der Waals surface area contributed by atoms with Gasteiger partial charge in [0.05, 0.1) is 5.57 Å². The minimum Gasteiger partial charge on any atom is -0.478 e. The van der Waals surface area contributed by atoms with Gasteiger partial charge in [0.25, 0.3) is 0 Å². The quantitative estimate of drug-likeness (QED) is 0.276. The molecule has 0 aliphatic carbocycles. The molecular formula is C19H28O5. The number of rotatable bonds is 10. The van der Waals surface area contributed by atoms with Crippen molar-refractivity contribution in [3.63, 3.8) is 0 Å². The zero-order valence-electron chi connectivity index (χ0n) is 14.7. The second-order valence-electron chi connectivity index (χ2n) is 6.35. The summed E-state index contributed by atoms with van der Waals surface area (Å²) in [5.41, 5.74) is 0.914. The van der Waals surface area contributed by atoms with E-state index in [1.54, 1.807) is 0 Å². The maximum atomic E-state index is 11.7. The number of carbonyl (C=O) groups is 2. The Bertz CT molecular complexity index is 530. The summed E-state index contributed by atoms with van der Waals surface area (Å²) >= 11 is 0. The molecule has 0 aromatic carbocycles. The second-order valence-corrected chi connectivity index (χ2v) is 6.35. The number of cyclic esters (lactones) is 1. The molecule has 0 aromatic heterocycles. The molecule has 1 aliphatic rings. The van der Waals surface area contributed by atoms with Crippen LogP contribution in [-0.2, 0) is 14.3 Å². The largest absolute Gasteiger partial charge is 0.478 e. The highest BCUT2D eigenvalue weighted by Crippen LogP contribution is 2.23. The van der Waals surface area contributed by atoms with E-state index < -0.39 is 24.1 Å². The lowest BCUT2D eigenvalue weighted by atomic mass is 9.96. The number of unbranched alkanes of at least 4 members (excludes halogenated alkanes) is 3. The number of hydrogen-bond acceptors (Lipinski definition) is 4. The first-order chi connectivity index (χ1) is 11.3. The fourth-order valence-corrected chi connectivity index (χ4v) is 2.69. The average Bonchev–Trinajstić information content (AvgIpc) is 2.89. The van der Waals surface area contributed by atoms with Crippen molar-refractivity contribution in [2.75, 3.05) is 0 Å². The van der Waals surface area contributed by atoms with Crippen LogP contribution in [0.4, 0.5) is 0 Å². The normalized spacial score (nSPS) is 20.8. The summed E-state index contributed by atoms with van der Waals surface area (Å²) in [6.07, 6.45) is 9.77. The van der Waals surface area contributed by atoms with Crippen LogP contribution in [0, 0.1) is 5.92 Å². The lowest BCUT2D eigenvalue weighted by Gasteiger charge is -2.18. The number of esters is 1. The molecular weight excluding hydrogens is 308 g/mol. The number of hydrogen-bond donors (Lipinski definition) is 2. The SMILES string of the molecule is CCCCCC[C@@H](C)C=C(C)[C@H](O)[C@H]1C=C(C=CC(=O)O)C(=O)O1. The van der Waals surface area contributed by atoms with E-state index in [4.69, 9.17) is 9.84 Å². The summed E-state index contributed by atoms with van der Waals surface area (Å²) in [5, 5.41) is 19.0. The fourth-order valence-electron chi connectivity index (χ4n) is 2.69. The van der Waals surface area contributed by atoms with Crippen LogP contribution in [0.25, 0.3) is 0 Å². The maximum Gasteiger partial charge on any atom is 0.338 e. The van der Waals surface area contributed by atoms with Gasteiger partial charge >= 0.3 is 11.9 Å². The van der Waals surface area contributed by atoms with Gasteiger partial charge in [-0.3, -0.25) is 0 Å². The van der Waals surface area contributed by atoms with E-state index in [0.717, 1.165) is 24.5 Å². The molecule has 0 aromatic rings. The van der Waals surface area contributed by atoms with Gasteiger partial charge in [0, 0.05) is 6.08 Å². The molecule has 1 rings (SSSR count). The second kappa shape index (κ2) is 10.1. The van der Waals surface area contributed by atoms with Crippen molar-refractivity contribution in [1.29, 1.82) is 0 Å². The van der Waals surface area contributed by atoms with Crippen molar-refractivity contribution in [1.82, 2.24) is 0 Å². The Hall–Kier alpha value is -1.88. The van der Waals surface area contributed by atoms with E-state index in [1.807, 2.05) is 13.0 Å². The number of aliphatic hydroxyl groups excluding tert-OH is 1. The van der Waals surface area contributed by atoms with Crippen LogP contribution in [0.1, 0.15) is 52.9 Å². The van der Waals surface area contributed by atoms with Crippen molar-refractivity contribution in [2.24, 2.45) is 5.92 Å². The van der Waals surface area contributed by atoms with Crippen molar-refractivity contribution in [3.05, 3.63) is 35.5 Å². The smallest absolute Gasteiger partial charge is 0.338 e. The number of carboxylic acid groups (broad SMARTS) is 1.